The maximum Gasteiger partial charge on any atom is 0.351 e. The zero-order chi connectivity index (χ0) is 15.2. The van der Waals surface area contributed by atoms with E-state index in [4.69, 9.17) is 0 Å². The van der Waals surface area contributed by atoms with Gasteiger partial charge in [0.1, 0.15) is 6.10 Å². The molecule has 0 spiro atoms. The van der Waals surface area contributed by atoms with Gasteiger partial charge in [-0.2, -0.15) is 0 Å². The van der Waals surface area contributed by atoms with Crippen LogP contribution in [0.4, 0.5) is 0 Å². The molecule has 2 atom stereocenters. The SMILES string of the molecule is CC(C(=O)O)(N1C(=O)C=CC1=O)N1C(=O)CC(O)C1=O. The predicted octanol–water partition coefficient (Wildman–Crippen LogP) is -2.17. The molecule has 2 rings (SSSR count). The summed E-state index contributed by atoms with van der Waals surface area (Å²) in [5, 5.41) is 18.7. The highest BCUT2D eigenvalue weighted by Gasteiger charge is 2.58. The van der Waals surface area contributed by atoms with Crippen LogP contribution in [0.25, 0.3) is 0 Å². The molecule has 0 aromatic rings. The maximum atomic E-state index is 11.8. The lowest BCUT2D eigenvalue weighted by molar-refractivity contribution is -0.180. The molecule has 0 bridgehead atoms. The average molecular weight is 282 g/mol. The summed E-state index contributed by atoms with van der Waals surface area (Å²) in [7, 11) is 0. The fraction of sp³-hybridized carbons (Fsp3) is 0.364. The second kappa shape index (κ2) is 4.23. The van der Waals surface area contributed by atoms with Crippen LogP contribution in [0, 0.1) is 0 Å². The number of hydrogen-bond acceptors (Lipinski definition) is 6. The molecule has 2 aliphatic rings. The fourth-order valence-electron chi connectivity index (χ4n) is 2.19. The molecule has 2 aliphatic heterocycles. The van der Waals surface area contributed by atoms with E-state index in [0.717, 1.165) is 19.1 Å². The predicted molar refractivity (Wildman–Crippen MR) is 59.5 cm³/mol. The lowest BCUT2D eigenvalue weighted by Gasteiger charge is -2.39. The van der Waals surface area contributed by atoms with E-state index in [1.165, 1.54) is 0 Å². The van der Waals surface area contributed by atoms with Gasteiger partial charge in [0.25, 0.3) is 17.7 Å². The van der Waals surface area contributed by atoms with E-state index >= 15 is 0 Å². The van der Waals surface area contributed by atoms with E-state index in [0.29, 0.717) is 4.90 Å². The Morgan fingerprint density at radius 2 is 1.70 bits per heavy atom. The number of aliphatic hydroxyl groups is 1. The molecule has 0 aromatic heterocycles. The van der Waals surface area contributed by atoms with Gasteiger partial charge in [0.05, 0.1) is 6.42 Å². The van der Waals surface area contributed by atoms with Crippen LogP contribution in [0.5, 0.6) is 0 Å². The van der Waals surface area contributed by atoms with Gasteiger partial charge < -0.3 is 10.2 Å². The monoisotopic (exact) mass is 282 g/mol. The van der Waals surface area contributed by atoms with Crippen LogP contribution in [-0.2, 0) is 24.0 Å². The highest BCUT2D eigenvalue weighted by molar-refractivity contribution is 6.17. The van der Waals surface area contributed by atoms with Gasteiger partial charge in [0.15, 0.2) is 0 Å². The third-order valence-electron chi connectivity index (χ3n) is 3.21. The van der Waals surface area contributed by atoms with Crippen molar-refractivity contribution in [2.45, 2.75) is 25.1 Å². The first kappa shape index (κ1) is 13.9. The second-order valence-electron chi connectivity index (χ2n) is 4.46. The highest BCUT2D eigenvalue weighted by atomic mass is 16.4. The summed E-state index contributed by atoms with van der Waals surface area (Å²) in [6.45, 7) is 0.881. The maximum absolute atomic E-state index is 11.8. The van der Waals surface area contributed by atoms with Gasteiger partial charge in [-0.05, 0) is 6.92 Å². The Kier molecular flexibility index (Phi) is 2.94. The summed E-state index contributed by atoms with van der Waals surface area (Å²) in [4.78, 5) is 58.8. The lowest BCUT2D eigenvalue weighted by Crippen LogP contribution is -2.67. The number of rotatable bonds is 3. The number of amides is 4. The molecule has 0 radical (unpaired) electrons. The number of aliphatic hydroxyl groups excluding tert-OH is 1. The Hall–Kier alpha value is -2.55. The molecule has 106 valence electrons. The summed E-state index contributed by atoms with van der Waals surface area (Å²) in [6, 6.07) is 0. The van der Waals surface area contributed by atoms with Crippen LogP contribution >= 0.6 is 0 Å². The number of imide groups is 2. The zero-order valence-corrected chi connectivity index (χ0v) is 10.3. The molecular formula is C11H10N2O7. The van der Waals surface area contributed by atoms with Crippen LogP contribution in [-0.4, -0.2) is 61.4 Å². The summed E-state index contributed by atoms with van der Waals surface area (Å²) < 4.78 is 0. The average Bonchev–Trinajstić information content (AvgIpc) is 2.80. The van der Waals surface area contributed by atoms with Crippen molar-refractivity contribution in [2.75, 3.05) is 0 Å². The van der Waals surface area contributed by atoms with Gasteiger partial charge in [0, 0.05) is 12.2 Å². The molecule has 2 unspecified atom stereocenters. The second-order valence-corrected chi connectivity index (χ2v) is 4.46. The van der Waals surface area contributed by atoms with Crippen LogP contribution in [0.1, 0.15) is 13.3 Å². The van der Waals surface area contributed by atoms with Crippen LogP contribution in [0.15, 0.2) is 12.2 Å². The van der Waals surface area contributed by atoms with Crippen molar-refractivity contribution in [3.8, 4) is 0 Å². The molecule has 20 heavy (non-hydrogen) atoms. The van der Waals surface area contributed by atoms with Crippen molar-refractivity contribution in [2.24, 2.45) is 0 Å². The van der Waals surface area contributed by atoms with Crippen LogP contribution in [0.2, 0.25) is 0 Å². The molecule has 9 heteroatoms. The quantitative estimate of drug-likeness (QED) is 0.563. The number of carbonyl (C=O) groups excluding carboxylic acids is 4. The number of aliphatic carboxylic acids is 1. The molecular weight excluding hydrogens is 272 g/mol. The Labute approximate surface area is 112 Å². The normalized spacial score (nSPS) is 25.6. The Morgan fingerprint density at radius 1 is 1.20 bits per heavy atom. The first-order chi connectivity index (χ1) is 9.21. The van der Waals surface area contributed by atoms with Gasteiger partial charge in [-0.3, -0.25) is 19.2 Å². The Morgan fingerprint density at radius 3 is 2.05 bits per heavy atom. The van der Waals surface area contributed by atoms with Gasteiger partial charge in [-0.15, -0.1) is 0 Å². The summed E-state index contributed by atoms with van der Waals surface area (Å²) in [5.74, 6) is -5.78. The van der Waals surface area contributed by atoms with E-state index in [9.17, 15) is 34.2 Å². The van der Waals surface area contributed by atoms with E-state index in [-0.39, 0.29) is 4.90 Å². The number of carboxylic acids is 1. The Balaban J connectivity index is 2.54. The van der Waals surface area contributed by atoms with Crippen LogP contribution < -0.4 is 0 Å². The van der Waals surface area contributed by atoms with E-state index in [1.807, 2.05) is 0 Å². The minimum atomic E-state index is -2.51. The van der Waals surface area contributed by atoms with Crippen molar-refractivity contribution in [3.63, 3.8) is 0 Å². The number of likely N-dealkylation sites (tertiary alicyclic amines) is 1. The van der Waals surface area contributed by atoms with Crippen molar-refractivity contribution >= 4 is 29.6 Å². The van der Waals surface area contributed by atoms with Crippen molar-refractivity contribution < 1.29 is 34.2 Å². The van der Waals surface area contributed by atoms with Crippen LogP contribution in [0.3, 0.4) is 0 Å². The van der Waals surface area contributed by atoms with E-state index in [1.54, 1.807) is 0 Å². The summed E-state index contributed by atoms with van der Waals surface area (Å²) in [6.07, 6.45) is -0.594. The zero-order valence-electron chi connectivity index (χ0n) is 10.3. The van der Waals surface area contributed by atoms with E-state index < -0.39 is 47.8 Å². The molecule has 2 heterocycles. The molecule has 1 fully saturated rings. The van der Waals surface area contributed by atoms with Gasteiger partial charge in [0.2, 0.25) is 11.6 Å². The number of hydrogen-bond donors (Lipinski definition) is 2. The van der Waals surface area contributed by atoms with Gasteiger partial charge in [-0.25, -0.2) is 14.6 Å². The molecule has 0 aliphatic carbocycles. The van der Waals surface area contributed by atoms with Crippen molar-refractivity contribution in [1.82, 2.24) is 9.80 Å². The number of carbonyl (C=O) groups is 5. The van der Waals surface area contributed by atoms with E-state index in [2.05, 4.69) is 0 Å². The minimum absolute atomic E-state index is 0.239. The smallest absolute Gasteiger partial charge is 0.351 e. The lowest BCUT2D eigenvalue weighted by atomic mass is 10.1. The third-order valence-corrected chi connectivity index (χ3v) is 3.21. The Bertz CT molecular complexity index is 563. The molecule has 0 aromatic carbocycles. The number of carboxylic acid groups (broad SMARTS) is 1. The summed E-state index contributed by atoms with van der Waals surface area (Å²) >= 11 is 0. The van der Waals surface area contributed by atoms with Crippen molar-refractivity contribution in [1.29, 1.82) is 0 Å². The number of nitrogens with zero attached hydrogens (tertiary/aromatic N) is 2. The third kappa shape index (κ3) is 1.63. The molecule has 4 amide bonds. The standard InChI is InChI=1S/C11H10N2O7/c1-11(10(19)20,12-6(15)2-3-7(12)16)13-8(17)4-5(14)9(13)18/h2-3,5,14H,4H2,1H3,(H,19,20). The first-order valence-corrected chi connectivity index (χ1v) is 5.56. The topological polar surface area (TPSA) is 132 Å². The minimum Gasteiger partial charge on any atom is -0.478 e. The molecule has 1 saturated heterocycles. The highest BCUT2D eigenvalue weighted by Crippen LogP contribution is 2.30. The van der Waals surface area contributed by atoms with Gasteiger partial charge in [-0.1, -0.05) is 0 Å². The largest absolute Gasteiger partial charge is 0.478 e. The fourth-order valence-corrected chi connectivity index (χ4v) is 2.19. The molecule has 9 nitrogen and oxygen atoms in total. The summed E-state index contributed by atoms with van der Waals surface area (Å²) in [5.41, 5.74) is -2.51. The molecule has 0 saturated carbocycles. The molecule has 2 N–H and O–H groups in total. The first-order valence-electron chi connectivity index (χ1n) is 5.56. The van der Waals surface area contributed by atoms with Gasteiger partial charge >= 0.3 is 5.97 Å². The van der Waals surface area contributed by atoms with Crippen molar-refractivity contribution in [3.05, 3.63) is 12.2 Å².